The lowest BCUT2D eigenvalue weighted by Crippen LogP contribution is -2.55. The van der Waals surface area contributed by atoms with Gasteiger partial charge in [-0.05, 0) is 36.2 Å². The number of rotatable bonds is 6. The molecule has 12 nitrogen and oxygen atoms in total. The van der Waals surface area contributed by atoms with E-state index in [4.69, 9.17) is 0 Å². The Kier molecular flexibility index (Phi) is 7.40. The van der Waals surface area contributed by atoms with E-state index < -0.39 is 57.6 Å². The summed E-state index contributed by atoms with van der Waals surface area (Å²) in [4.78, 5) is 57.8. The fourth-order valence-electron chi connectivity index (χ4n) is 7.50. The topological polar surface area (TPSA) is 148 Å². The van der Waals surface area contributed by atoms with Gasteiger partial charge in [0.05, 0.1) is 21.7 Å². The minimum atomic E-state index is -3.63. The SMILES string of the molecule is CS(=O)(=O)c1ccc(N2CC(CN3CCN(c4ccc(F)c5c4C(=O)N(C4CCC(=O)NC4=O)C5=O)CC3)C2)c2c1[C@H](O)[C@@H](F)C2. The van der Waals surface area contributed by atoms with Gasteiger partial charge in [0.2, 0.25) is 11.8 Å². The molecule has 5 aliphatic rings. The molecule has 0 bridgehead atoms. The number of aliphatic hydroxyl groups is 1. The minimum absolute atomic E-state index is 0.0168. The molecule has 3 saturated heterocycles. The van der Waals surface area contributed by atoms with Crippen LogP contribution in [0.5, 0.6) is 0 Å². The van der Waals surface area contributed by atoms with Gasteiger partial charge in [0.25, 0.3) is 11.8 Å². The number of aliphatic hydroxyl groups excluding tert-OH is 1. The van der Waals surface area contributed by atoms with Gasteiger partial charge in [-0.2, -0.15) is 0 Å². The molecule has 3 fully saturated rings. The van der Waals surface area contributed by atoms with Gasteiger partial charge < -0.3 is 14.9 Å². The molecule has 15 heteroatoms. The number of nitrogens with zero attached hydrogens (tertiary/aromatic N) is 4. The largest absolute Gasteiger partial charge is 0.385 e. The summed E-state index contributed by atoms with van der Waals surface area (Å²) in [5, 5.41) is 12.5. The van der Waals surface area contributed by atoms with Crippen LogP contribution in [-0.4, -0.2) is 111 Å². The van der Waals surface area contributed by atoms with Crippen molar-refractivity contribution in [3.05, 3.63) is 52.3 Å². The molecule has 0 saturated carbocycles. The minimum Gasteiger partial charge on any atom is -0.385 e. The van der Waals surface area contributed by atoms with Crippen molar-refractivity contribution >= 4 is 44.8 Å². The summed E-state index contributed by atoms with van der Waals surface area (Å²) in [7, 11) is -3.63. The van der Waals surface area contributed by atoms with E-state index in [1.807, 2.05) is 4.90 Å². The first-order valence-electron chi connectivity index (χ1n) is 15.3. The van der Waals surface area contributed by atoms with E-state index in [0.717, 1.165) is 29.5 Å². The number of fused-ring (bicyclic) bond motifs is 2. The Morgan fingerprint density at radius 1 is 0.935 bits per heavy atom. The van der Waals surface area contributed by atoms with Crippen LogP contribution in [0.3, 0.4) is 0 Å². The quantitative estimate of drug-likeness (QED) is 0.428. The lowest BCUT2D eigenvalue weighted by molar-refractivity contribution is -0.136. The summed E-state index contributed by atoms with van der Waals surface area (Å²) in [5.41, 5.74) is 1.47. The number of hydrogen-bond donors (Lipinski definition) is 2. The molecular weight excluding hydrogens is 624 g/mol. The summed E-state index contributed by atoms with van der Waals surface area (Å²) in [6.07, 6.45) is -2.05. The summed E-state index contributed by atoms with van der Waals surface area (Å²) in [6.45, 7) is 4.50. The Labute approximate surface area is 263 Å². The molecule has 2 N–H and O–H groups in total. The van der Waals surface area contributed by atoms with E-state index >= 15 is 0 Å². The molecule has 2 aromatic rings. The molecular formula is C31H33F2N5O7S. The first kappa shape index (κ1) is 30.7. The third kappa shape index (κ3) is 4.95. The van der Waals surface area contributed by atoms with Crippen LogP contribution in [0, 0.1) is 11.7 Å². The number of piperazine rings is 1. The van der Waals surface area contributed by atoms with Gasteiger partial charge in [0, 0.05) is 82.1 Å². The number of imide groups is 2. The van der Waals surface area contributed by atoms with Crippen molar-refractivity contribution in [3.8, 4) is 0 Å². The third-order valence-corrected chi connectivity index (χ3v) is 10.9. The van der Waals surface area contributed by atoms with Crippen molar-refractivity contribution in [2.24, 2.45) is 5.92 Å². The zero-order valence-electron chi connectivity index (χ0n) is 25.0. The maximum Gasteiger partial charge on any atom is 0.265 e. The van der Waals surface area contributed by atoms with Crippen molar-refractivity contribution in [2.75, 3.05) is 61.9 Å². The van der Waals surface area contributed by atoms with Gasteiger partial charge in [0.15, 0.2) is 9.84 Å². The van der Waals surface area contributed by atoms with E-state index in [2.05, 4.69) is 15.1 Å². The first-order chi connectivity index (χ1) is 21.8. The monoisotopic (exact) mass is 657 g/mol. The molecule has 7 rings (SSSR count). The second-order valence-electron chi connectivity index (χ2n) is 12.7. The summed E-state index contributed by atoms with van der Waals surface area (Å²) in [5.74, 6) is -3.40. The standard InChI is InChI=1S/C31H33F2N5O7S/c1-46(44,45)23-6-4-20(17-12-19(33)28(40)25(17)23)37-14-16(15-37)13-35-8-10-36(11-9-35)21-3-2-18(32)26-27(21)31(43)38(30(26)42)22-5-7-24(39)34-29(22)41/h2-4,6,16,19,22,28,40H,5,7-15H2,1H3,(H,34,39,41)/t19-,22?,28+/m0/s1. The van der Waals surface area contributed by atoms with E-state index in [1.54, 1.807) is 6.07 Å². The van der Waals surface area contributed by atoms with Crippen LogP contribution in [-0.2, 0) is 25.8 Å². The Hall–Kier alpha value is -3.95. The van der Waals surface area contributed by atoms with Crippen LogP contribution in [0.2, 0.25) is 0 Å². The van der Waals surface area contributed by atoms with E-state index in [1.165, 1.54) is 12.1 Å². The number of nitrogens with one attached hydrogen (secondary N) is 1. The first-order valence-corrected chi connectivity index (χ1v) is 17.2. The maximum atomic E-state index is 14.9. The second-order valence-corrected chi connectivity index (χ2v) is 14.7. The molecule has 0 aromatic heterocycles. The van der Waals surface area contributed by atoms with Crippen LogP contribution < -0.4 is 15.1 Å². The predicted molar refractivity (Wildman–Crippen MR) is 161 cm³/mol. The number of benzene rings is 2. The third-order valence-electron chi connectivity index (χ3n) is 9.78. The number of alkyl halides is 1. The van der Waals surface area contributed by atoms with Crippen molar-refractivity contribution < 1.29 is 41.5 Å². The molecule has 0 radical (unpaired) electrons. The molecule has 244 valence electrons. The van der Waals surface area contributed by atoms with Gasteiger partial charge >= 0.3 is 0 Å². The number of amides is 4. The van der Waals surface area contributed by atoms with Crippen molar-refractivity contribution in [3.63, 3.8) is 0 Å². The Morgan fingerprint density at radius 3 is 2.28 bits per heavy atom. The molecule has 1 unspecified atom stereocenters. The van der Waals surface area contributed by atoms with E-state index in [9.17, 15) is 41.5 Å². The summed E-state index contributed by atoms with van der Waals surface area (Å²) < 4.78 is 53.9. The fourth-order valence-corrected chi connectivity index (χ4v) is 8.45. The van der Waals surface area contributed by atoms with Crippen molar-refractivity contribution in [2.45, 2.75) is 42.5 Å². The zero-order valence-corrected chi connectivity index (χ0v) is 25.9. The highest BCUT2D eigenvalue weighted by Crippen LogP contribution is 2.44. The van der Waals surface area contributed by atoms with E-state index in [-0.39, 0.29) is 40.8 Å². The highest BCUT2D eigenvalue weighted by Gasteiger charge is 2.48. The highest BCUT2D eigenvalue weighted by molar-refractivity contribution is 7.90. The van der Waals surface area contributed by atoms with Gasteiger partial charge in [0.1, 0.15) is 24.1 Å². The Balaban J connectivity index is 0.997. The normalized spacial score (nSPS) is 25.6. The average Bonchev–Trinajstić information content (AvgIpc) is 3.43. The zero-order chi connectivity index (χ0) is 32.7. The summed E-state index contributed by atoms with van der Waals surface area (Å²) in [6, 6.07) is 4.61. The molecule has 1 aliphatic carbocycles. The van der Waals surface area contributed by atoms with Crippen LogP contribution in [0.25, 0.3) is 0 Å². The second kappa shape index (κ2) is 11.1. The van der Waals surface area contributed by atoms with Gasteiger partial charge in [-0.3, -0.25) is 34.3 Å². The molecule has 4 heterocycles. The molecule has 0 spiro atoms. The average molecular weight is 658 g/mol. The van der Waals surface area contributed by atoms with Crippen molar-refractivity contribution in [1.82, 2.24) is 15.1 Å². The number of anilines is 2. The van der Waals surface area contributed by atoms with Crippen molar-refractivity contribution in [1.29, 1.82) is 0 Å². The van der Waals surface area contributed by atoms with Crippen LogP contribution in [0.15, 0.2) is 29.2 Å². The van der Waals surface area contributed by atoms with E-state index in [0.29, 0.717) is 56.4 Å². The highest BCUT2D eigenvalue weighted by atomic mass is 32.2. The number of sulfone groups is 1. The smallest absolute Gasteiger partial charge is 0.265 e. The lowest BCUT2D eigenvalue weighted by atomic mass is 9.95. The molecule has 4 aliphatic heterocycles. The number of halogens is 2. The predicted octanol–water partition coefficient (Wildman–Crippen LogP) is 0.816. The Morgan fingerprint density at radius 2 is 1.61 bits per heavy atom. The number of carbonyl (C=O) groups is 4. The Bertz CT molecular complexity index is 1790. The molecule has 3 atom stereocenters. The van der Waals surface area contributed by atoms with Gasteiger partial charge in [-0.25, -0.2) is 17.2 Å². The molecule has 46 heavy (non-hydrogen) atoms. The summed E-state index contributed by atoms with van der Waals surface area (Å²) >= 11 is 0. The maximum absolute atomic E-state index is 14.9. The van der Waals surface area contributed by atoms with Gasteiger partial charge in [-0.1, -0.05) is 0 Å². The van der Waals surface area contributed by atoms with Gasteiger partial charge in [-0.15, -0.1) is 0 Å². The number of carbonyl (C=O) groups excluding carboxylic acids is 4. The fraction of sp³-hybridized carbons (Fsp3) is 0.484. The molecule has 4 amide bonds. The van der Waals surface area contributed by atoms with Crippen LogP contribution >= 0.6 is 0 Å². The molecule has 2 aromatic carbocycles. The van der Waals surface area contributed by atoms with Crippen LogP contribution in [0.1, 0.15) is 50.8 Å². The lowest BCUT2D eigenvalue weighted by Gasteiger charge is -2.45. The number of piperidine rings is 1. The number of hydrogen-bond acceptors (Lipinski definition) is 10. The van der Waals surface area contributed by atoms with Crippen LogP contribution in [0.4, 0.5) is 20.2 Å².